The molecule has 0 aliphatic heterocycles. The number of rotatable bonds is 4. The van der Waals surface area contributed by atoms with Crippen LogP contribution in [-0.2, 0) is 6.18 Å². The van der Waals surface area contributed by atoms with Crippen molar-refractivity contribution < 1.29 is 17.9 Å². The van der Waals surface area contributed by atoms with E-state index in [-0.39, 0.29) is 5.75 Å². The van der Waals surface area contributed by atoms with E-state index in [0.717, 1.165) is 28.3 Å². The maximum absolute atomic E-state index is 12.6. The van der Waals surface area contributed by atoms with E-state index in [1.165, 1.54) is 6.07 Å². The van der Waals surface area contributed by atoms with E-state index in [0.29, 0.717) is 5.88 Å². The van der Waals surface area contributed by atoms with Crippen molar-refractivity contribution in [1.29, 1.82) is 0 Å². The monoisotopic (exact) mass is 362 g/mol. The lowest BCUT2D eigenvalue weighted by Crippen LogP contribution is -2.07. The number of pyridine rings is 2. The van der Waals surface area contributed by atoms with Gasteiger partial charge in [-0.25, -0.2) is 9.97 Å². The highest BCUT2D eigenvalue weighted by atomic mass is 32.2. The van der Waals surface area contributed by atoms with Crippen LogP contribution in [0.5, 0.6) is 11.6 Å². The normalized spacial score (nSPS) is 11.4. The zero-order chi connectivity index (χ0) is 17.9. The van der Waals surface area contributed by atoms with E-state index >= 15 is 0 Å². The molecule has 0 unspecified atom stereocenters. The highest BCUT2D eigenvalue weighted by molar-refractivity contribution is 7.98. The molecular formula is C18H13F3N2OS. The lowest BCUT2D eigenvalue weighted by molar-refractivity contribution is -0.141. The molecule has 0 saturated carbocycles. The van der Waals surface area contributed by atoms with Gasteiger partial charge < -0.3 is 4.74 Å². The van der Waals surface area contributed by atoms with Crippen LogP contribution in [0.4, 0.5) is 13.2 Å². The third kappa shape index (κ3) is 3.93. The largest absolute Gasteiger partial charge is 0.437 e. The first kappa shape index (κ1) is 17.3. The van der Waals surface area contributed by atoms with Gasteiger partial charge in [-0.2, -0.15) is 13.2 Å². The summed E-state index contributed by atoms with van der Waals surface area (Å²) in [6, 6.07) is 13.5. The molecule has 128 valence electrons. The van der Waals surface area contributed by atoms with Crippen molar-refractivity contribution in [3.8, 4) is 22.8 Å². The average molecular weight is 362 g/mol. The zero-order valence-corrected chi connectivity index (χ0v) is 13.9. The Morgan fingerprint density at radius 1 is 0.920 bits per heavy atom. The van der Waals surface area contributed by atoms with E-state index in [9.17, 15) is 13.2 Å². The van der Waals surface area contributed by atoms with Crippen molar-refractivity contribution in [1.82, 2.24) is 9.97 Å². The van der Waals surface area contributed by atoms with Crippen molar-refractivity contribution in [3.05, 3.63) is 66.6 Å². The van der Waals surface area contributed by atoms with Gasteiger partial charge in [0, 0.05) is 22.2 Å². The van der Waals surface area contributed by atoms with Gasteiger partial charge in [0.15, 0.2) is 0 Å². The summed E-state index contributed by atoms with van der Waals surface area (Å²) >= 11 is 1.59. The Morgan fingerprint density at radius 2 is 1.68 bits per heavy atom. The van der Waals surface area contributed by atoms with Crippen molar-refractivity contribution in [3.63, 3.8) is 0 Å². The zero-order valence-electron chi connectivity index (χ0n) is 13.1. The fourth-order valence-corrected chi connectivity index (χ4v) is 2.88. The summed E-state index contributed by atoms with van der Waals surface area (Å²) in [5, 5.41) is 0. The molecule has 25 heavy (non-hydrogen) atoms. The highest BCUT2D eigenvalue weighted by Crippen LogP contribution is 2.36. The fraction of sp³-hybridized carbons (Fsp3) is 0.111. The number of aromatic nitrogens is 2. The van der Waals surface area contributed by atoms with Gasteiger partial charge in [0.05, 0.1) is 6.20 Å². The minimum atomic E-state index is -4.48. The quantitative estimate of drug-likeness (QED) is 0.560. The second-order valence-corrected chi connectivity index (χ2v) is 5.88. The number of hydrogen-bond donors (Lipinski definition) is 0. The Bertz CT molecular complexity index is 867. The molecule has 0 atom stereocenters. The number of nitrogens with zero attached hydrogens (tertiary/aromatic N) is 2. The van der Waals surface area contributed by atoms with Crippen LogP contribution >= 0.6 is 11.8 Å². The molecule has 0 spiro atoms. The van der Waals surface area contributed by atoms with Crippen LogP contribution in [0, 0.1) is 0 Å². The van der Waals surface area contributed by atoms with Crippen LogP contribution in [-0.4, -0.2) is 16.2 Å². The summed E-state index contributed by atoms with van der Waals surface area (Å²) < 4.78 is 43.5. The molecule has 0 amide bonds. The molecule has 1 aromatic carbocycles. The number of ether oxygens (including phenoxy) is 1. The number of thioether (sulfide) groups is 1. The van der Waals surface area contributed by atoms with Gasteiger partial charge in [-0.15, -0.1) is 11.8 Å². The van der Waals surface area contributed by atoms with Crippen LogP contribution in [0.1, 0.15) is 5.69 Å². The van der Waals surface area contributed by atoms with E-state index in [1.807, 2.05) is 36.6 Å². The summed E-state index contributed by atoms with van der Waals surface area (Å²) in [5.41, 5.74) is 0.735. The van der Waals surface area contributed by atoms with Gasteiger partial charge in [-0.1, -0.05) is 18.2 Å². The molecule has 3 aromatic rings. The smallest absolute Gasteiger partial charge is 0.433 e. The number of halogens is 3. The van der Waals surface area contributed by atoms with Gasteiger partial charge in [0.2, 0.25) is 5.88 Å². The van der Waals surface area contributed by atoms with Crippen molar-refractivity contribution in [2.45, 2.75) is 11.1 Å². The van der Waals surface area contributed by atoms with Crippen LogP contribution in [0.3, 0.4) is 0 Å². The molecule has 0 radical (unpaired) electrons. The van der Waals surface area contributed by atoms with Crippen LogP contribution in [0.25, 0.3) is 11.1 Å². The van der Waals surface area contributed by atoms with Gasteiger partial charge in [-0.05, 0) is 36.6 Å². The Hall–Kier alpha value is -2.54. The molecule has 7 heteroatoms. The van der Waals surface area contributed by atoms with E-state index in [1.54, 1.807) is 24.0 Å². The number of benzene rings is 1. The summed E-state index contributed by atoms with van der Waals surface area (Å²) in [6.45, 7) is 0. The second kappa shape index (κ2) is 7.14. The Kier molecular flexibility index (Phi) is 4.94. The van der Waals surface area contributed by atoms with Gasteiger partial charge in [0.1, 0.15) is 11.4 Å². The molecule has 2 aromatic heterocycles. The Balaban J connectivity index is 1.94. The maximum Gasteiger partial charge on any atom is 0.433 e. The molecular weight excluding hydrogens is 349 g/mol. The second-order valence-electron chi connectivity index (χ2n) is 5.04. The SMILES string of the molecule is CSc1ccccc1-c1cccnc1Oc1ccc(C(F)(F)F)nc1. The van der Waals surface area contributed by atoms with Gasteiger partial charge >= 0.3 is 6.18 Å². The lowest BCUT2D eigenvalue weighted by Gasteiger charge is -2.13. The summed E-state index contributed by atoms with van der Waals surface area (Å²) in [6.07, 6.45) is 0.0985. The molecule has 0 aliphatic carbocycles. The van der Waals surface area contributed by atoms with E-state index in [4.69, 9.17) is 4.74 Å². The van der Waals surface area contributed by atoms with E-state index < -0.39 is 11.9 Å². The first-order valence-corrected chi connectivity index (χ1v) is 8.51. The third-order valence-corrected chi connectivity index (χ3v) is 4.21. The molecule has 0 bridgehead atoms. The molecule has 0 aliphatic rings. The number of alkyl halides is 3. The minimum absolute atomic E-state index is 0.189. The van der Waals surface area contributed by atoms with Crippen molar-refractivity contribution >= 4 is 11.8 Å². The summed E-state index contributed by atoms with van der Waals surface area (Å²) in [4.78, 5) is 8.66. The minimum Gasteiger partial charge on any atom is -0.437 e. The van der Waals surface area contributed by atoms with Crippen molar-refractivity contribution in [2.75, 3.05) is 6.26 Å². The molecule has 0 fully saturated rings. The van der Waals surface area contributed by atoms with E-state index in [2.05, 4.69) is 9.97 Å². The van der Waals surface area contributed by atoms with Crippen LogP contribution in [0.2, 0.25) is 0 Å². The highest BCUT2D eigenvalue weighted by Gasteiger charge is 2.32. The summed E-state index contributed by atoms with van der Waals surface area (Å²) in [7, 11) is 0. The molecule has 3 nitrogen and oxygen atoms in total. The van der Waals surface area contributed by atoms with Gasteiger partial charge in [0.25, 0.3) is 0 Å². The molecule has 0 N–H and O–H groups in total. The predicted octanol–water partition coefficient (Wildman–Crippen LogP) is 5.68. The standard InChI is InChI=1S/C18H13F3N2OS/c1-25-15-7-3-2-5-13(15)14-6-4-10-22-17(14)24-12-8-9-16(23-11-12)18(19,20)21/h2-11H,1H3. The Labute approximate surface area is 146 Å². The lowest BCUT2D eigenvalue weighted by atomic mass is 10.1. The Morgan fingerprint density at radius 3 is 2.36 bits per heavy atom. The average Bonchev–Trinajstić information content (AvgIpc) is 2.62. The maximum atomic E-state index is 12.6. The molecule has 0 saturated heterocycles. The van der Waals surface area contributed by atoms with Crippen molar-refractivity contribution in [2.24, 2.45) is 0 Å². The first-order valence-electron chi connectivity index (χ1n) is 7.28. The predicted molar refractivity (Wildman–Crippen MR) is 90.8 cm³/mol. The van der Waals surface area contributed by atoms with Crippen LogP contribution < -0.4 is 4.74 Å². The van der Waals surface area contributed by atoms with Crippen LogP contribution in [0.15, 0.2) is 65.8 Å². The third-order valence-electron chi connectivity index (χ3n) is 3.41. The fourth-order valence-electron chi connectivity index (χ4n) is 2.26. The van der Waals surface area contributed by atoms with Gasteiger partial charge in [-0.3, -0.25) is 0 Å². The first-order chi connectivity index (χ1) is 12.0. The summed E-state index contributed by atoms with van der Waals surface area (Å²) in [5.74, 6) is 0.500. The number of hydrogen-bond acceptors (Lipinski definition) is 4. The molecule has 3 rings (SSSR count). The molecule has 2 heterocycles. The topological polar surface area (TPSA) is 35.0 Å².